The summed E-state index contributed by atoms with van der Waals surface area (Å²) < 4.78 is 5.00. The average Bonchev–Trinajstić information content (AvgIpc) is 2.57. The van der Waals surface area contributed by atoms with Crippen LogP contribution in [0, 0.1) is 0 Å². The standard InChI is InChI=1S/C18H18ClNO3S/c1-12(18(20)22)23-16(21)11-24-17(13-5-3-2-4-6-13)14-7-9-15(19)10-8-14/h2-10,12,17H,11H2,1H3,(H2,20,22)/t12-,17+/m0/s1. The fraction of sp³-hybridized carbons (Fsp3) is 0.222. The van der Waals surface area contributed by atoms with Crippen molar-refractivity contribution in [2.75, 3.05) is 5.75 Å². The summed E-state index contributed by atoms with van der Waals surface area (Å²) in [7, 11) is 0. The molecule has 24 heavy (non-hydrogen) atoms. The molecule has 6 heteroatoms. The topological polar surface area (TPSA) is 69.4 Å². The molecule has 126 valence electrons. The van der Waals surface area contributed by atoms with Gasteiger partial charge in [-0.05, 0) is 30.2 Å². The summed E-state index contributed by atoms with van der Waals surface area (Å²) in [5, 5.41) is 0.616. The van der Waals surface area contributed by atoms with Gasteiger partial charge in [0.2, 0.25) is 0 Å². The Bertz CT molecular complexity index is 691. The van der Waals surface area contributed by atoms with Crippen LogP contribution in [-0.4, -0.2) is 23.7 Å². The first-order chi connectivity index (χ1) is 11.5. The first-order valence-corrected chi connectivity index (χ1v) is 8.81. The van der Waals surface area contributed by atoms with Crippen molar-refractivity contribution in [3.8, 4) is 0 Å². The summed E-state index contributed by atoms with van der Waals surface area (Å²) in [5.74, 6) is -1.02. The summed E-state index contributed by atoms with van der Waals surface area (Å²) in [4.78, 5) is 22.9. The maximum atomic E-state index is 11.9. The Kier molecular flexibility index (Phi) is 6.70. The van der Waals surface area contributed by atoms with Gasteiger partial charge >= 0.3 is 5.97 Å². The predicted octanol–water partition coefficient (Wildman–Crippen LogP) is 3.58. The molecule has 4 nitrogen and oxygen atoms in total. The van der Waals surface area contributed by atoms with Crippen LogP contribution in [0.25, 0.3) is 0 Å². The number of hydrogen-bond acceptors (Lipinski definition) is 4. The van der Waals surface area contributed by atoms with Crippen LogP contribution in [0.15, 0.2) is 54.6 Å². The molecule has 2 atom stereocenters. The average molecular weight is 364 g/mol. The zero-order valence-electron chi connectivity index (χ0n) is 13.1. The van der Waals surface area contributed by atoms with Gasteiger partial charge in [-0.25, -0.2) is 0 Å². The van der Waals surface area contributed by atoms with Gasteiger partial charge in [0, 0.05) is 5.02 Å². The molecule has 2 aromatic rings. The van der Waals surface area contributed by atoms with Gasteiger partial charge < -0.3 is 10.5 Å². The Labute approximate surface area is 150 Å². The smallest absolute Gasteiger partial charge is 0.316 e. The van der Waals surface area contributed by atoms with E-state index in [1.807, 2.05) is 54.6 Å². The highest BCUT2D eigenvalue weighted by Gasteiger charge is 2.19. The summed E-state index contributed by atoms with van der Waals surface area (Å²) in [6.07, 6.45) is -0.927. The van der Waals surface area contributed by atoms with Gasteiger partial charge in [-0.3, -0.25) is 9.59 Å². The Morgan fingerprint density at radius 1 is 1.08 bits per heavy atom. The van der Waals surface area contributed by atoms with E-state index >= 15 is 0 Å². The van der Waals surface area contributed by atoms with Crippen LogP contribution in [0.4, 0.5) is 0 Å². The first kappa shape index (κ1) is 18.4. The molecular weight excluding hydrogens is 346 g/mol. The van der Waals surface area contributed by atoms with Crippen LogP contribution in [0.5, 0.6) is 0 Å². The van der Waals surface area contributed by atoms with Crippen LogP contribution in [0.3, 0.4) is 0 Å². The van der Waals surface area contributed by atoms with Crippen molar-refractivity contribution in [3.05, 3.63) is 70.7 Å². The fourth-order valence-electron chi connectivity index (χ4n) is 2.09. The number of carbonyl (C=O) groups excluding carboxylic acids is 2. The van der Waals surface area contributed by atoms with Crippen molar-refractivity contribution in [2.45, 2.75) is 18.3 Å². The molecule has 0 aliphatic rings. The molecule has 2 aromatic carbocycles. The Morgan fingerprint density at radius 2 is 1.67 bits per heavy atom. The van der Waals surface area contributed by atoms with Crippen molar-refractivity contribution in [3.63, 3.8) is 0 Å². The number of benzene rings is 2. The SMILES string of the molecule is C[C@H](OC(=O)CS[C@H](c1ccccc1)c1ccc(Cl)cc1)C(N)=O. The van der Waals surface area contributed by atoms with Crippen molar-refractivity contribution < 1.29 is 14.3 Å². The zero-order chi connectivity index (χ0) is 17.5. The molecule has 0 saturated heterocycles. The van der Waals surface area contributed by atoms with Crippen LogP contribution in [0.2, 0.25) is 5.02 Å². The van der Waals surface area contributed by atoms with E-state index in [-0.39, 0.29) is 11.0 Å². The number of hydrogen-bond donors (Lipinski definition) is 1. The highest BCUT2D eigenvalue weighted by atomic mass is 35.5. The number of esters is 1. The summed E-state index contributed by atoms with van der Waals surface area (Å²) in [6.45, 7) is 1.46. The van der Waals surface area contributed by atoms with Crippen LogP contribution < -0.4 is 5.73 Å². The molecule has 0 aliphatic carbocycles. The summed E-state index contributed by atoms with van der Waals surface area (Å²) in [5.41, 5.74) is 7.20. The highest BCUT2D eigenvalue weighted by Crippen LogP contribution is 2.36. The number of nitrogens with two attached hydrogens (primary N) is 1. The molecule has 0 saturated carbocycles. The largest absolute Gasteiger partial charge is 0.452 e. The number of thioether (sulfide) groups is 1. The highest BCUT2D eigenvalue weighted by molar-refractivity contribution is 8.00. The molecule has 0 unspecified atom stereocenters. The molecule has 0 fully saturated rings. The number of ether oxygens (including phenoxy) is 1. The van der Waals surface area contributed by atoms with E-state index in [2.05, 4.69) is 0 Å². The van der Waals surface area contributed by atoms with E-state index in [9.17, 15) is 9.59 Å². The van der Waals surface area contributed by atoms with E-state index in [1.165, 1.54) is 18.7 Å². The molecule has 0 radical (unpaired) electrons. The quantitative estimate of drug-likeness (QED) is 0.763. The van der Waals surface area contributed by atoms with Gasteiger partial charge in [0.1, 0.15) is 0 Å². The monoisotopic (exact) mass is 363 g/mol. The van der Waals surface area contributed by atoms with E-state index in [0.717, 1.165) is 11.1 Å². The minimum Gasteiger partial charge on any atom is -0.452 e. The minimum absolute atomic E-state index is 0.0418. The Morgan fingerprint density at radius 3 is 2.25 bits per heavy atom. The molecule has 0 aromatic heterocycles. The summed E-state index contributed by atoms with van der Waals surface area (Å²) in [6, 6.07) is 17.4. The Balaban J connectivity index is 2.11. The molecule has 0 aliphatic heterocycles. The van der Waals surface area contributed by atoms with Crippen LogP contribution >= 0.6 is 23.4 Å². The third-order valence-electron chi connectivity index (χ3n) is 3.35. The number of halogens is 1. The molecule has 2 N–H and O–H groups in total. The van der Waals surface area contributed by atoms with Gasteiger partial charge in [0.15, 0.2) is 6.10 Å². The predicted molar refractivity (Wildman–Crippen MR) is 96.9 cm³/mol. The van der Waals surface area contributed by atoms with Crippen LogP contribution in [0.1, 0.15) is 23.3 Å². The van der Waals surface area contributed by atoms with Gasteiger partial charge in [-0.1, -0.05) is 54.1 Å². The molecule has 0 bridgehead atoms. The normalized spacial score (nSPS) is 13.1. The summed E-state index contributed by atoms with van der Waals surface area (Å²) >= 11 is 7.38. The van der Waals surface area contributed by atoms with Gasteiger partial charge in [0.05, 0.1) is 11.0 Å². The fourth-order valence-corrected chi connectivity index (χ4v) is 3.29. The minimum atomic E-state index is -0.927. The Hall–Kier alpha value is -1.98. The third kappa shape index (κ3) is 5.28. The third-order valence-corrected chi connectivity index (χ3v) is 4.88. The van der Waals surface area contributed by atoms with Gasteiger partial charge in [0.25, 0.3) is 5.91 Å². The zero-order valence-corrected chi connectivity index (χ0v) is 14.7. The van der Waals surface area contributed by atoms with E-state index in [0.29, 0.717) is 5.02 Å². The van der Waals surface area contributed by atoms with Crippen molar-refractivity contribution in [2.24, 2.45) is 5.73 Å². The van der Waals surface area contributed by atoms with Crippen molar-refractivity contribution >= 4 is 35.2 Å². The second kappa shape index (κ2) is 8.76. The second-order valence-corrected chi connectivity index (χ2v) is 6.72. The lowest BCUT2D eigenvalue weighted by atomic mass is 10.0. The lowest BCUT2D eigenvalue weighted by molar-refractivity contribution is -0.151. The van der Waals surface area contributed by atoms with E-state index < -0.39 is 18.0 Å². The maximum Gasteiger partial charge on any atom is 0.316 e. The van der Waals surface area contributed by atoms with Gasteiger partial charge in [-0.2, -0.15) is 0 Å². The maximum absolute atomic E-state index is 11.9. The number of primary amides is 1. The molecule has 0 spiro atoms. The van der Waals surface area contributed by atoms with Crippen LogP contribution in [-0.2, 0) is 14.3 Å². The van der Waals surface area contributed by atoms with E-state index in [4.69, 9.17) is 22.1 Å². The second-order valence-electron chi connectivity index (χ2n) is 5.19. The number of carbonyl (C=O) groups is 2. The lowest BCUT2D eigenvalue weighted by Crippen LogP contribution is -2.31. The molecular formula is C18H18ClNO3S. The van der Waals surface area contributed by atoms with Crippen molar-refractivity contribution in [1.29, 1.82) is 0 Å². The molecule has 0 heterocycles. The number of rotatable bonds is 7. The molecule has 2 rings (SSSR count). The molecule has 1 amide bonds. The number of amides is 1. The van der Waals surface area contributed by atoms with Crippen molar-refractivity contribution in [1.82, 2.24) is 0 Å². The first-order valence-electron chi connectivity index (χ1n) is 7.38. The van der Waals surface area contributed by atoms with E-state index in [1.54, 1.807) is 0 Å². The lowest BCUT2D eigenvalue weighted by Gasteiger charge is -2.18. The van der Waals surface area contributed by atoms with Gasteiger partial charge in [-0.15, -0.1) is 11.8 Å².